The Kier molecular flexibility index (Phi) is 7.00. The lowest BCUT2D eigenvalue weighted by Gasteiger charge is -2.25. The minimum atomic E-state index is -0.261. The lowest BCUT2D eigenvalue weighted by atomic mass is 10.0. The molecule has 1 N–H and O–H groups in total. The Bertz CT molecular complexity index is 1060. The molecule has 1 unspecified atom stereocenters. The molecule has 3 rings (SSSR count). The standard InChI is InChI=1S/C24H30N4O2/c1-17(2)16-28-24(30)21-13-9-8-12-20(21)22(26-28)23(29)25-15-19(27(3)4)14-18-10-6-5-7-11-18/h5-13,17,19H,14-16H2,1-4H3,(H,25,29). The molecule has 1 heterocycles. The monoisotopic (exact) mass is 406 g/mol. The normalized spacial score (nSPS) is 12.5. The van der Waals surface area contributed by atoms with Crippen LogP contribution in [0.4, 0.5) is 0 Å². The lowest BCUT2D eigenvalue weighted by molar-refractivity contribution is 0.0936. The Morgan fingerprint density at radius 1 is 1.03 bits per heavy atom. The van der Waals surface area contributed by atoms with Crippen LogP contribution in [0, 0.1) is 5.92 Å². The van der Waals surface area contributed by atoms with Crippen molar-refractivity contribution in [1.82, 2.24) is 20.0 Å². The highest BCUT2D eigenvalue weighted by atomic mass is 16.2. The fraction of sp³-hybridized carbons (Fsp3) is 0.375. The molecule has 0 saturated heterocycles. The van der Waals surface area contributed by atoms with E-state index in [9.17, 15) is 9.59 Å². The van der Waals surface area contributed by atoms with Gasteiger partial charge in [-0.3, -0.25) is 9.59 Å². The van der Waals surface area contributed by atoms with E-state index >= 15 is 0 Å². The number of amides is 1. The van der Waals surface area contributed by atoms with E-state index in [2.05, 4.69) is 27.4 Å². The maximum atomic E-state index is 13.1. The summed E-state index contributed by atoms with van der Waals surface area (Å²) in [6, 6.07) is 17.5. The van der Waals surface area contributed by atoms with Gasteiger partial charge in [0, 0.05) is 24.5 Å². The van der Waals surface area contributed by atoms with Crippen LogP contribution in [-0.4, -0.2) is 47.3 Å². The van der Waals surface area contributed by atoms with Crippen molar-refractivity contribution in [1.29, 1.82) is 0 Å². The van der Waals surface area contributed by atoms with Gasteiger partial charge in [-0.15, -0.1) is 0 Å². The van der Waals surface area contributed by atoms with Gasteiger partial charge in [0.15, 0.2) is 5.69 Å². The van der Waals surface area contributed by atoms with Gasteiger partial charge >= 0.3 is 0 Å². The van der Waals surface area contributed by atoms with Gasteiger partial charge in [-0.1, -0.05) is 62.4 Å². The van der Waals surface area contributed by atoms with Gasteiger partial charge in [-0.2, -0.15) is 5.10 Å². The van der Waals surface area contributed by atoms with Crippen LogP contribution in [0.2, 0.25) is 0 Å². The van der Waals surface area contributed by atoms with Crippen LogP contribution in [0.25, 0.3) is 10.8 Å². The van der Waals surface area contributed by atoms with E-state index in [4.69, 9.17) is 0 Å². The third-order valence-electron chi connectivity index (χ3n) is 5.16. The summed E-state index contributed by atoms with van der Waals surface area (Å²) in [5, 5.41) is 8.57. The van der Waals surface area contributed by atoms with Gasteiger partial charge in [0.25, 0.3) is 11.5 Å². The Labute approximate surface area is 177 Å². The predicted octanol–water partition coefficient (Wildman–Crippen LogP) is 2.96. The Hall–Kier alpha value is -2.99. The molecule has 6 heteroatoms. The first kappa shape index (κ1) is 21.7. The van der Waals surface area contributed by atoms with Crippen LogP contribution in [0.5, 0.6) is 0 Å². The zero-order valence-corrected chi connectivity index (χ0v) is 18.1. The predicted molar refractivity (Wildman–Crippen MR) is 121 cm³/mol. The van der Waals surface area contributed by atoms with Crippen molar-refractivity contribution in [2.75, 3.05) is 20.6 Å². The summed E-state index contributed by atoms with van der Waals surface area (Å²) in [5.74, 6) is -0.0140. The van der Waals surface area contributed by atoms with Crippen molar-refractivity contribution in [3.05, 3.63) is 76.2 Å². The number of hydrogen-bond acceptors (Lipinski definition) is 4. The van der Waals surface area contributed by atoms with Crippen molar-refractivity contribution in [2.45, 2.75) is 32.9 Å². The average molecular weight is 407 g/mol. The number of nitrogens with one attached hydrogen (secondary N) is 1. The van der Waals surface area contributed by atoms with Crippen LogP contribution in [-0.2, 0) is 13.0 Å². The smallest absolute Gasteiger partial charge is 0.274 e. The van der Waals surface area contributed by atoms with E-state index in [0.717, 1.165) is 6.42 Å². The van der Waals surface area contributed by atoms with E-state index < -0.39 is 0 Å². The molecule has 0 aliphatic carbocycles. The maximum absolute atomic E-state index is 13.1. The molecule has 1 amide bonds. The topological polar surface area (TPSA) is 67.2 Å². The van der Waals surface area contributed by atoms with Gasteiger partial charge in [0.1, 0.15) is 0 Å². The van der Waals surface area contributed by atoms with Gasteiger partial charge < -0.3 is 10.2 Å². The number of fused-ring (bicyclic) bond motifs is 1. The highest BCUT2D eigenvalue weighted by Gasteiger charge is 2.19. The average Bonchev–Trinajstić information content (AvgIpc) is 2.73. The molecule has 2 aromatic carbocycles. The van der Waals surface area contributed by atoms with Crippen molar-refractivity contribution in [2.24, 2.45) is 5.92 Å². The first-order valence-electron chi connectivity index (χ1n) is 10.3. The van der Waals surface area contributed by atoms with Crippen molar-refractivity contribution < 1.29 is 4.79 Å². The fourth-order valence-corrected chi connectivity index (χ4v) is 3.49. The van der Waals surface area contributed by atoms with Crippen LogP contribution in [0.3, 0.4) is 0 Å². The maximum Gasteiger partial charge on any atom is 0.274 e. The van der Waals surface area contributed by atoms with Gasteiger partial charge in [-0.05, 0) is 38.1 Å². The Morgan fingerprint density at radius 2 is 1.67 bits per heavy atom. The molecule has 158 valence electrons. The fourth-order valence-electron chi connectivity index (χ4n) is 3.49. The Balaban J connectivity index is 1.85. The summed E-state index contributed by atoms with van der Waals surface area (Å²) >= 11 is 0. The second-order valence-corrected chi connectivity index (χ2v) is 8.29. The number of rotatable bonds is 8. The SMILES string of the molecule is CC(C)Cn1nc(C(=O)NCC(Cc2ccccc2)N(C)C)c2ccccc2c1=O. The molecule has 0 aliphatic rings. The summed E-state index contributed by atoms with van der Waals surface area (Å²) < 4.78 is 1.41. The van der Waals surface area contributed by atoms with E-state index in [1.54, 1.807) is 12.1 Å². The number of aromatic nitrogens is 2. The van der Waals surface area contributed by atoms with E-state index in [1.165, 1.54) is 10.2 Å². The highest BCUT2D eigenvalue weighted by Crippen LogP contribution is 2.14. The zero-order chi connectivity index (χ0) is 21.7. The van der Waals surface area contributed by atoms with E-state index in [-0.39, 0.29) is 23.4 Å². The lowest BCUT2D eigenvalue weighted by Crippen LogP contribution is -2.42. The molecule has 6 nitrogen and oxygen atoms in total. The third-order valence-corrected chi connectivity index (χ3v) is 5.16. The minimum Gasteiger partial charge on any atom is -0.349 e. The van der Waals surface area contributed by atoms with Gasteiger partial charge in [0.2, 0.25) is 0 Å². The van der Waals surface area contributed by atoms with Gasteiger partial charge in [-0.25, -0.2) is 4.68 Å². The number of carbonyl (C=O) groups excluding carboxylic acids is 1. The first-order valence-corrected chi connectivity index (χ1v) is 10.3. The first-order chi connectivity index (χ1) is 14.4. The molecule has 0 aliphatic heterocycles. The number of likely N-dealkylation sites (N-methyl/N-ethyl adjacent to an activating group) is 1. The van der Waals surface area contributed by atoms with E-state index in [0.29, 0.717) is 29.6 Å². The quantitative estimate of drug-likeness (QED) is 0.625. The zero-order valence-electron chi connectivity index (χ0n) is 18.1. The molecule has 3 aromatic rings. The van der Waals surface area contributed by atoms with Crippen molar-refractivity contribution >= 4 is 16.7 Å². The van der Waals surface area contributed by atoms with Crippen LogP contribution < -0.4 is 10.9 Å². The molecule has 0 spiro atoms. The van der Waals surface area contributed by atoms with E-state index in [1.807, 2.05) is 58.3 Å². The summed E-state index contributed by atoms with van der Waals surface area (Å²) in [6.45, 7) is 5.00. The summed E-state index contributed by atoms with van der Waals surface area (Å²) in [7, 11) is 4.02. The van der Waals surface area contributed by atoms with Crippen molar-refractivity contribution in [3.63, 3.8) is 0 Å². The number of nitrogens with zero attached hydrogens (tertiary/aromatic N) is 3. The van der Waals surface area contributed by atoms with Gasteiger partial charge in [0.05, 0.1) is 5.39 Å². The largest absolute Gasteiger partial charge is 0.349 e. The highest BCUT2D eigenvalue weighted by molar-refractivity contribution is 6.04. The van der Waals surface area contributed by atoms with Crippen LogP contribution >= 0.6 is 0 Å². The summed E-state index contributed by atoms with van der Waals surface area (Å²) in [4.78, 5) is 27.9. The second-order valence-electron chi connectivity index (χ2n) is 8.29. The van der Waals surface area contributed by atoms with Crippen molar-refractivity contribution in [3.8, 4) is 0 Å². The molecule has 0 bridgehead atoms. The molecular formula is C24H30N4O2. The molecule has 0 saturated carbocycles. The molecule has 0 fully saturated rings. The van der Waals surface area contributed by atoms with Crippen LogP contribution in [0.1, 0.15) is 29.9 Å². The Morgan fingerprint density at radius 3 is 2.30 bits per heavy atom. The molecule has 1 atom stereocenters. The minimum absolute atomic E-state index is 0.143. The molecule has 0 radical (unpaired) electrons. The summed E-state index contributed by atoms with van der Waals surface area (Å²) in [6.07, 6.45) is 0.829. The second kappa shape index (κ2) is 9.67. The molecule has 30 heavy (non-hydrogen) atoms. The third kappa shape index (κ3) is 5.13. The molecule has 1 aromatic heterocycles. The number of carbonyl (C=O) groups is 1. The number of benzene rings is 2. The summed E-state index contributed by atoms with van der Waals surface area (Å²) in [5.41, 5.74) is 1.36. The molecular weight excluding hydrogens is 376 g/mol. The van der Waals surface area contributed by atoms with Crippen LogP contribution in [0.15, 0.2) is 59.4 Å². The number of hydrogen-bond donors (Lipinski definition) is 1.